The molecule has 4 rings (SSSR count). The first-order valence-electron chi connectivity index (χ1n) is 12.7. The van der Waals surface area contributed by atoms with Crippen molar-refractivity contribution in [2.24, 2.45) is 5.92 Å². The number of ether oxygens (including phenoxy) is 2. The Bertz CT molecular complexity index is 763. The van der Waals surface area contributed by atoms with Crippen molar-refractivity contribution in [1.29, 1.82) is 0 Å². The van der Waals surface area contributed by atoms with Gasteiger partial charge >= 0.3 is 0 Å². The van der Waals surface area contributed by atoms with Crippen LogP contribution in [0.1, 0.15) is 94.8 Å². The average Bonchev–Trinajstić information content (AvgIpc) is 2.85. The third kappa shape index (κ3) is 5.99. The molecule has 2 unspecified atom stereocenters. The molecule has 0 bridgehead atoms. The van der Waals surface area contributed by atoms with Crippen molar-refractivity contribution in [2.75, 3.05) is 13.2 Å². The summed E-state index contributed by atoms with van der Waals surface area (Å²) in [7, 11) is 0. The van der Waals surface area contributed by atoms with Crippen LogP contribution in [0.25, 0.3) is 11.1 Å². The van der Waals surface area contributed by atoms with Crippen LogP contribution in [0.3, 0.4) is 0 Å². The number of hydrogen-bond acceptors (Lipinski definition) is 2. The van der Waals surface area contributed by atoms with Gasteiger partial charge in [-0.2, -0.15) is 0 Å². The van der Waals surface area contributed by atoms with Gasteiger partial charge < -0.3 is 9.47 Å². The van der Waals surface area contributed by atoms with E-state index in [1.807, 2.05) is 0 Å². The van der Waals surface area contributed by atoms with Crippen LogP contribution in [0, 0.1) is 5.92 Å². The second-order valence-corrected chi connectivity index (χ2v) is 9.64. The van der Waals surface area contributed by atoms with Gasteiger partial charge in [-0.15, -0.1) is 0 Å². The molecule has 2 atom stereocenters. The fourth-order valence-corrected chi connectivity index (χ4v) is 5.27. The maximum Gasteiger partial charge on any atom is 0.106 e. The molecule has 2 fully saturated rings. The minimum atomic E-state index is 0.0668. The van der Waals surface area contributed by atoms with E-state index in [4.69, 9.17) is 9.47 Å². The molecule has 0 spiro atoms. The Hall–Kier alpha value is -1.64. The van der Waals surface area contributed by atoms with Crippen LogP contribution < -0.4 is 0 Å². The van der Waals surface area contributed by atoms with Crippen molar-refractivity contribution >= 4 is 0 Å². The number of unbranched alkanes of at least 4 members (excludes halogenated alkanes) is 2. The van der Waals surface area contributed by atoms with Crippen molar-refractivity contribution in [1.82, 2.24) is 0 Å². The fraction of sp³-hybridized carbons (Fsp3) is 0.586. The first kappa shape index (κ1) is 22.6. The Morgan fingerprint density at radius 1 is 0.710 bits per heavy atom. The lowest BCUT2D eigenvalue weighted by Gasteiger charge is -2.30. The van der Waals surface area contributed by atoms with Gasteiger partial charge in [0.2, 0.25) is 0 Å². The number of hydrogen-bond donors (Lipinski definition) is 0. The van der Waals surface area contributed by atoms with Gasteiger partial charge in [0, 0.05) is 0 Å². The van der Waals surface area contributed by atoms with Crippen molar-refractivity contribution in [3.05, 3.63) is 59.7 Å². The highest BCUT2D eigenvalue weighted by Gasteiger charge is 2.23. The van der Waals surface area contributed by atoms with Gasteiger partial charge in [-0.25, -0.2) is 0 Å². The summed E-state index contributed by atoms with van der Waals surface area (Å²) in [6.07, 6.45) is 12.1. The Morgan fingerprint density at radius 2 is 1.35 bits per heavy atom. The number of benzene rings is 2. The van der Waals surface area contributed by atoms with E-state index >= 15 is 0 Å². The van der Waals surface area contributed by atoms with E-state index in [2.05, 4.69) is 62.4 Å². The van der Waals surface area contributed by atoms with Gasteiger partial charge in [0.1, 0.15) is 6.10 Å². The second-order valence-electron chi connectivity index (χ2n) is 9.64. The largest absolute Gasteiger partial charge is 0.373 e. The van der Waals surface area contributed by atoms with Crippen LogP contribution >= 0.6 is 0 Å². The van der Waals surface area contributed by atoms with Gasteiger partial charge in [0.25, 0.3) is 0 Å². The molecule has 0 N–H and O–H groups in total. The van der Waals surface area contributed by atoms with Gasteiger partial charge in [0.15, 0.2) is 0 Å². The smallest absolute Gasteiger partial charge is 0.106 e. The first-order valence-corrected chi connectivity index (χ1v) is 12.7. The predicted molar refractivity (Wildman–Crippen MR) is 129 cm³/mol. The second kappa shape index (κ2) is 11.3. The lowest BCUT2D eigenvalue weighted by molar-refractivity contribution is -0.137. The van der Waals surface area contributed by atoms with Crippen LogP contribution in [0.5, 0.6) is 0 Å². The Balaban J connectivity index is 1.30. The van der Waals surface area contributed by atoms with Crippen LogP contribution in [-0.4, -0.2) is 19.3 Å². The van der Waals surface area contributed by atoms with E-state index in [-0.39, 0.29) is 12.2 Å². The molecule has 168 valence electrons. The van der Waals surface area contributed by atoms with Gasteiger partial charge in [-0.3, -0.25) is 0 Å². The highest BCUT2D eigenvalue weighted by atomic mass is 16.6. The molecular weight excluding hydrogens is 380 g/mol. The van der Waals surface area contributed by atoms with E-state index in [1.165, 1.54) is 73.6 Å². The van der Waals surface area contributed by atoms with E-state index in [0.717, 1.165) is 24.9 Å². The third-order valence-corrected chi connectivity index (χ3v) is 7.52. The molecule has 2 aromatic rings. The van der Waals surface area contributed by atoms with Crippen molar-refractivity contribution < 1.29 is 9.47 Å². The molecular formula is C29H40O2. The zero-order chi connectivity index (χ0) is 21.5. The third-order valence-electron chi connectivity index (χ3n) is 7.52. The quantitative estimate of drug-likeness (QED) is 0.402. The zero-order valence-corrected chi connectivity index (χ0v) is 19.5. The molecule has 1 saturated carbocycles. The van der Waals surface area contributed by atoms with Gasteiger partial charge in [-0.05, 0) is 66.2 Å². The van der Waals surface area contributed by atoms with Crippen LogP contribution in [0.2, 0.25) is 0 Å². The predicted octanol–water partition coefficient (Wildman–Crippen LogP) is 8.07. The molecule has 0 radical (unpaired) electrons. The van der Waals surface area contributed by atoms with Crippen molar-refractivity contribution in [2.45, 2.75) is 89.8 Å². The lowest BCUT2D eigenvalue weighted by atomic mass is 9.77. The molecule has 31 heavy (non-hydrogen) atoms. The summed E-state index contributed by atoms with van der Waals surface area (Å²) in [5.41, 5.74) is 5.32. The maximum atomic E-state index is 6.13. The molecule has 1 heterocycles. The molecule has 2 aliphatic rings. The Morgan fingerprint density at radius 3 is 1.90 bits per heavy atom. The zero-order valence-electron chi connectivity index (χ0n) is 19.5. The molecule has 2 aromatic carbocycles. The van der Waals surface area contributed by atoms with E-state index in [0.29, 0.717) is 6.61 Å². The fourth-order valence-electron chi connectivity index (χ4n) is 5.27. The molecule has 1 aliphatic carbocycles. The first-order chi connectivity index (χ1) is 15.3. The van der Waals surface area contributed by atoms with Gasteiger partial charge in [-0.1, -0.05) is 88.1 Å². The summed E-state index contributed by atoms with van der Waals surface area (Å²) in [6.45, 7) is 5.97. The topological polar surface area (TPSA) is 18.5 Å². The van der Waals surface area contributed by atoms with Crippen LogP contribution in [0.15, 0.2) is 48.5 Å². The summed E-state index contributed by atoms with van der Waals surface area (Å²) in [4.78, 5) is 0. The monoisotopic (exact) mass is 420 g/mol. The summed E-state index contributed by atoms with van der Waals surface area (Å²) in [5, 5.41) is 0. The van der Waals surface area contributed by atoms with E-state index in [1.54, 1.807) is 0 Å². The average molecular weight is 421 g/mol. The molecule has 2 heteroatoms. The van der Waals surface area contributed by atoms with Crippen molar-refractivity contribution in [3.8, 4) is 11.1 Å². The standard InChI is InChI=1S/C29H40O2/c1-3-5-6-7-28-20-31-29(21-30-28)27-18-16-26(17-19-27)25-14-12-24(13-15-25)23-10-8-22(4-2)9-11-23/h12-19,22-23,28-29H,3-11,20-21H2,1-2H3. The molecule has 0 amide bonds. The maximum absolute atomic E-state index is 6.13. The molecule has 1 saturated heterocycles. The van der Waals surface area contributed by atoms with Crippen molar-refractivity contribution in [3.63, 3.8) is 0 Å². The minimum Gasteiger partial charge on any atom is -0.373 e. The number of rotatable bonds is 8. The van der Waals surface area contributed by atoms with Gasteiger partial charge in [0.05, 0.1) is 19.3 Å². The highest BCUT2D eigenvalue weighted by Crippen LogP contribution is 2.37. The summed E-state index contributed by atoms with van der Waals surface area (Å²) >= 11 is 0. The van der Waals surface area contributed by atoms with Crippen LogP contribution in [-0.2, 0) is 9.47 Å². The summed E-state index contributed by atoms with van der Waals surface area (Å²) < 4.78 is 12.2. The Labute approximate surface area is 189 Å². The normalized spacial score (nSPS) is 26.6. The summed E-state index contributed by atoms with van der Waals surface area (Å²) in [5.74, 6) is 1.72. The molecule has 0 aromatic heterocycles. The lowest BCUT2D eigenvalue weighted by Crippen LogP contribution is -2.31. The minimum absolute atomic E-state index is 0.0668. The highest BCUT2D eigenvalue weighted by molar-refractivity contribution is 5.64. The van der Waals surface area contributed by atoms with E-state index in [9.17, 15) is 0 Å². The Kier molecular flexibility index (Phi) is 8.21. The molecule has 1 aliphatic heterocycles. The summed E-state index contributed by atoms with van der Waals surface area (Å²) in [6, 6.07) is 18.2. The molecule has 2 nitrogen and oxygen atoms in total. The van der Waals surface area contributed by atoms with Crippen LogP contribution in [0.4, 0.5) is 0 Å². The SMILES string of the molecule is CCCCCC1COC(c2ccc(-c3ccc(C4CCC(CC)CC4)cc3)cc2)CO1. The van der Waals surface area contributed by atoms with E-state index < -0.39 is 0 Å².